The zero-order chi connectivity index (χ0) is 24.2. The molecule has 3 aliphatic rings. The lowest BCUT2D eigenvalue weighted by molar-refractivity contribution is 0.898. The zero-order valence-electron chi connectivity index (χ0n) is 21.1. The first-order valence-corrected chi connectivity index (χ1v) is 13.8. The number of hydrogen-bond donors (Lipinski definition) is 0. The highest BCUT2D eigenvalue weighted by Crippen LogP contribution is 2.42. The van der Waals surface area contributed by atoms with Crippen LogP contribution in [0.1, 0.15) is 45.1 Å². The van der Waals surface area contributed by atoms with Crippen molar-refractivity contribution in [1.82, 2.24) is 0 Å². The lowest BCUT2D eigenvalue weighted by Crippen LogP contribution is -2.33. The van der Waals surface area contributed by atoms with E-state index in [0.29, 0.717) is 6.71 Å². The van der Waals surface area contributed by atoms with E-state index < -0.39 is 0 Å². The van der Waals surface area contributed by atoms with Crippen LogP contribution >= 0.6 is 11.8 Å². The summed E-state index contributed by atoms with van der Waals surface area (Å²) >= 11 is 1.84. The van der Waals surface area contributed by atoms with Crippen LogP contribution in [0.5, 0.6) is 0 Å². The molecule has 174 valence electrons. The molecule has 1 aliphatic heterocycles. The number of benzene rings is 3. The largest absolute Gasteiger partial charge is 0.241 e. The minimum absolute atomic E-state index is 0.413. The molecule has 0 N–H and O–H groups in total. The van der Waals surface area contributed by atoms with Crippen LogP contribution in [-0.2, 0) is 0 Å². The molecule has 0 saturated heterocycles. The molecule has 0 fully saturated rings. The van der Waals surface area contributed by atoms with Crippen LogP contribution in [0.3, 0.4) is 0 Å². The van der Waals surface area contributed by atoms with Crippen molar-refractivity contribution in [3.8, 4) is 11.1 Å². The van der Waals surface area contributed by atoms with Gasteiger partial charge < -0.3 is 0 Å². The van der Waals surface area contributed by atoms with Gasteiger partial charge in [0.25, 0.3) is 0 Å². The average Bonchev–Trinajstić information content (AvgIpc) is 3.26. The normalized spacial score (nSPS) is 16.1. The predicted octanol–water partition coefficient (Wildman–Crippen LogP) is 8.93. The molecule has 35 heavy (non-hydrogen) atoms. The Bertz CT molecular complexity index is 1270. The zero-order valence-corrected chi connectivity index (χ0v) is 21.9. The van der Waals surface area contributed by atoms with Gasteiger partial charge in [-0.15, -0.1) is 0 Å². The molecule has 0 bridgehead atoms. The van der Waals surface area contributed by atoms with E-state index in [1.807, 2.05) is 25.6 Å². The van der Waals surface area contributed by atoms with Gasteiger partial charge in [-0.2, -0.15) is 0 Å². The van der Waals surface area contributed by atoms with E-state index in [9.17, 15) is 0 Å². The van der Waals surface area contributed by atoms with E-state index in [-0.39, 0.29) is 0 Å². The fourth-order valence-corrected chi connectivity index (χ4v) is 6.23. The standard InChI is InChI=1S/C31H27BS.C2H6/c1-22-10-12-23(13-11-22)24-14-18-26(19-15-24)33-27-20-16-25(17-21-27)32-30-8-4-2-6-28(30)29-7-3-5-9-31(29)32;1-2/h4-5,8-21H,2-3,6-7H2,1H3;1-2H3. The maximum Gasteiger partial charge on any atom is 0.241 e. The summed E-state index contributed by atoms with van der Waals surface area (Å²) in [6.45, 7) is 6.54. The van der Waals surface area contributed by atoms with Crippen molar-refractivity contribution in [1.29, 1.82) is 0 Å². The van der Waals surface area contributed by atoms with Gasteiger partial charge in [-0.25, -0.2) is 0 Å². The predicted molar refractivity (Wildman–Crippen MR) is 155 cm³/mol. The van der Waals surface area contributed by atoms with Crippen LogP contribution in [0.25, 0.3) is 11.1 Å². The van der Waals surface area contributed by atoms with Crippen molar-refractivity contribution in [3.63, 3.8) is 0 Å². The lowest BCUT2D eigenvalue weighted by Gasteiger charge is -2.16. The molecule has 0 unspecified atom stereocenters. The third kappa shape index (κ3) is 4.90. The SMILES string of the molecule is CC.Cc1ccc(-c2ccc(Sc3ccc(B4C5=C(CCC=C5)C5=C4C=CCC5)cc3)cc2)cc1. The monoisotopic (exact) mass is 472 g/mol. The van der Waals surface area contributed by atoms with Gasteiger partial charge in [0.05, 0.1) is 0 Å². The summed E-state index contributed by atoms with van der Waals surface area (Å²) in [6.07, 6.45) is 14.3. The highest BCUT2D eigenvalue weighted by molar-refractivity contribution is 7.99. The van der Waals surface area contributed by atoms with Gasteiger partial charge in [0.15, 0.2) is 0 Å². The summed E-state index contributed by atoms with van der Waals surface area (Å²) in [6, 6.07) is 27.0. The summed E-state index contributed by atoms with van der Waals surface area (Å²) in [5.41, 5.74) is 11.6. The first-order chi connectivity index (χ1) is 17.3. The Kier molecular flexibility index (Phi) is 7.30. The molecule has 0 spiro atoms. The third-order valence-corrected chi connectivity index (χ3v) is 8.10. The molecule has 2 aliphatic carbocycles. The lowest BCUT2D eigenvalue weighted by atomic mass is 9.36. The van der Waals surface area contributed by atoms with Crippen LogP contribution in [0, 0.1) is 6.92 Å². The van der Waals surface area contributed by atoms with Crippen LogP contribution in [0.15, 0.2) is 129 Å². The molecule has 1 heterocycles. The second-order valence-electron chi connectivity index (χ2n) is 9.24. The molecular formula is C33H33BS. The van der Waals surface area contributed by atoms with Crippen molar-refractivity contribution in [2.24, 2.45) is 0 Å². The maximum atomic E-state index is 2.40. The molecule has 3 aromatic carbocycles. The molecule has 6 rings (SSSR count). The second-order valence-corrected chi connectivity index (χ2v) is 10.4. The van der Waals surface area contributed by atoms with Crippen molar-refractivity contribution in [2.45, 2.75) is 56.2 Å². The Morgan fingerprint density at radius 1 is 0.600 bits per heavy atom. The highest BCUT2D eigenvalue weighted by atomic mass is 32.2. The fraction of sp³-hybridized carbons (Fsp3) is 0.212. The van der Waals surface area contributed by atoms with Crippen LogP contribution in [0.4, 0.5) is 0 Å². The third-order valence-electron chi connectivity index (χ3n) is 7.09. The van der Waals surface area contributed by atoms with E-state index in [1.54, 1.807) is 22.1 Å². The highest BCUT2D eigenvalue weighted by Gasteiger charge is 2.36. The first kappa shape index (κ1) is 23.8. The molecule has 2 heteroatoms. The maximum absolute atomic E-state index is 2.40. The van der Waals surface area contributed by atoms with Crippen LogP contribution in [-0.4, -0.2) is 6.71 Å². The molecule has 0 nitrogen and oxygen atoms in total. The summed E-state index contributed by atoms with van der Waals surface area (Å²) in [5, 5.41) is 0. The minimum Gasteiger partial charge on any atom is -0.0901 e. The molecule has 0 aromatic heterocycles. The molecule has 0 atom stereocenters. The van der Waals surface area contributed by atoms with Gasteiger partial charge in [0.2, 0.25) is 6.71 Å². The first-order valence-electron chi connectivity index (χ1n) is 13.0. The molecule has 0 radical (unpaired) electrons. The van der Waals surface area contributed by atoms with E-state index in [2.05, 4.69) is 104 Å². The van der Waals surface area contributed by atoms with Gasteiger partial charge in [-0.05, 0) is 79.1 Å². The Labute approximate surface area is 215 Å². The number of rotatable bonds is 4. The molecule has 3 aromatic rings. The Hall–Kier alpha value is -2.97. The van der Waals surface area contributed by atoms with Crippen molar-refractivity contribution in [2.75, 3.05) is 0 Å². The smallest absolute Gasteiger partial charge is 0.0901 e. The van der Waals surface area contributed by atoms with E-state index in [4.69, 9.17) is 0 Å². The molecular weight excluding hydrogens is 439 g/mol. The average molecular weight is 473 g/mol. The minimum atomic E-state index is 0.413. The van der Waals surface area contributed by atoms with Crippen LogP contribution in [0.2, 0.25) is 0 Å². The fourth-order valence-electron chi connectivity index (χ4n) is 5.41. The summed E-state index contributed by atoms with van der Waals surface area (Å²) < 4.78 is 0. The van der Waals surface area contributed by atoms with Gasteiger partial charge in [-0.1, -0.05) is 120 Å². The quantitative estimate of drug-likeness (QED) is 0.342. The van der Waals surface area contributed by atoms with Gasteiger partial charge in [0.1, 0.15) is 0 Å². The van der Waals surface area contributed by atoms with Gasteiger partial charge in [0, 0.05) is 9.79 Å². The second kappa shape index (κ2) is 10.7. The van der Waals surface area contributed by atoms with Crippen molar-refractivity contribution in [3.05, 3.63) is 125 Å². The summed E-state index contributed by atoms with van der Waals surface area (Å²) in [4.78, 5) is 2.57. The topological polar surface area (TPSA) is 0 Å². The van der Waals surface area contributed by atoms with Crippen molar-refractivity contribution >= 4 is 23.9 Å². The van der Waals surface area contributed by atoms with Gasteiger partial charge >= 0.3 is 0 Å². The Morgan fingerprint density at radius 3 is 1.57 bits per heavy atom. The molecule has 0 amide bonds. The molecule has 0 saturated carbocycles. The van der Waals surface area contributed by atoms with Crippen LogP contribution < -0.4 is 5.46 Å². The summed E-state index contributed by atoms with van der Waals surface area (Å²) in [7, 11) is 0. The van der Waals surface area contributed by atoms with E-state index in [0.717, 1.165) is 0 Å². The van der Waals surface area contributed by atoms with Crippen molar-refractivity contribution < 1.29 is 0 Å². The Balaban J connectivity index is 0.00000124. The number of aryl methyl sites for hydroxylation is 1. The van der Waals surface area contributed by atoms with E-state index >= 15 is 0 Å². The summed E-state index contributed by atoms with van der Waals surface area (Å²) in [5.74, 6) is 0. The number of fused-ring (bicyclic) bond motifs is 1. The number of hydrogen-bond acceptors (Lipinski definition) is 1. The number of allylic oxidation sites excluding steroid dienone is 8. The van der Waals surface area contributed by atoms with E-state index in [1.165, 1.54) is 57.6 Å². The Morgan fingerprint density at radius 2 is 1.06 bits per heavy atom. The van der Waals surface area contributed by atoms with Gasteiger partial charge in [-0.3, -0.25) is 0 Å².